The van der Waals surface area contributed by atoms with E-state index in [0.717, 1.165) is 0 Å². The van der Waals surface area contributed by atoms with Crippen LogP contribution in [0.25, 0.3) is 11.5 Å². The average Bonchev–Trinajstić information content (AvgIpc) is 3.17. The first-order valence-corrected chi connectivity index (χ1v) is 5.99. The summed E-state index contributed by atoms with van der Waals surface area (Å²) in [6.07, 6.45) is 7.56. The second kappa shape index (κ2) is 5.40. The van der Waals surface area contributed by atoms with Crippen molar-refractivity contribution >= 4 is 5.91 Å². The monoisotopic (exact) mass is 269 g/mol. The Bertz CT molecular complexity index is 690. The van der Waals surface area contributed by atoms with Crippen LogP contribution < -0.4 is 5.32 Å². The third-order valence-corrected chi connectivity index (χ3v) is 2.73. The predicted octanol–water partition coefficient (Wildman–Crippen LogP) is 2.26. The zero-order valence-corrected chi connectivity index (χ0v) is 10.4. The molecule has 3 aromatic heterocycles. The van der Waals surface area contributed by atoms with Crippen LogP contribution in [0, 0.1) is 0 Å². The average molecular weight is 269 g/mol. The van der Waals surface area contributed by atoms with E-state index in [1.54, 1.807) is 36.9 Å². The maximum Gasteiger partial charge on any atom is 0.254 e. The Balaban J connectivity index is 1.77. The number of nitrogens with zero attached hydrogens (tertiary/aromatic N) is 2. The number of rotatable bonds is 4. The molecule has 3 aromatic rings. The van der Waals surface area contributed by atoms with E-state index in [0.29, 0.717) is 22.7 Å². The van der Waals surface area contributed by atoms with Crippen LogP contribution in [0.3, 0.4) is 0 Å². The van der Waals surface area contributed by atoms with E-state index in [4.69, 9.17) is 8.83 Å². The lowest BCUT2D eigenvalue weighted by Gasteiger charge is -2.06. The number of hydrogen-bond donors (Lipinski definition) is 1. The predicted molar refractivity (Wildman–Crippen MR) is 69.6 cm³/mol. The Hall–Kier alpha value is -2.89. The minimum Gasteiger partial charge on any atom is -0.472 e. The van der Waals surface area contributed by atoms with E-state index < -0.39 is 0 Å². The Morgan fingerprint density at radius 2 is 2.10 bits per heavy atom. The summed E-state index contributed by atoms with van der Waals surface area (Å²) >= 11 is 0. The van der Waals surface area contributed by atoms with Crippen molar-refractivity contribution in [1.29, 1.82) is 0 Å². The molecule has 0 atom stereocenters. The molecular formula is C14H11N3O3. The van der Waals surface area contributed by atoms with Gasteiger partial charge in [0.1, 0.15) is 12.0 Å². The second-order valence-electron chi connectivity index (χ2n) is 4.02. The van der Waals surface area contributed by atoms with Crippen LogP contribution in [0.2, 0.25) is 0 Å². The fourth-order valence-corrected chi connectivity index (χ4v) is 1.78. The van der Waals surface area contributed by atoms with Gasteiger partial charge in [0.05, 0.1) is 30.3 Å². The van der Waals surface area contributed by atoms with Gasteiger partial charge in [0, 0.05) is 12.4 Å². The SMILES string of the molecule is O=C(NCc1nccnc1-c1ccco1)c1ccoc1. The van der Waals surface area contributed by atoms with Crippen molar-refractivity contribution in [2.75, 3.05) is 0 Å². The van der Waals surface area contributed by atoms with Gasteiger partial charge < -0.3 is 14.2 Å². The molecule has 0 fully saturated rings. The summed E-state index contributed by atoms with van der Waals surface area (Å²) in [6, 6.07) is 5.17. The van der Waals surface area contributed by atoms with Crippen molar-refractivity contribution in [3.05, 3.63) is 60.6 Å². The molecule has 0 aliphatic carbocycles. The minimum atomic E-state index is -0.227. The first-order valence-electron chi connectivity index (χ1n) is 5.99. The number of furan rings is 2. The summed E-state index contributed by atoms with van der Waals surface area (Å²) in [7, 11) is 0. The number of carbonyl (C=O) groups is 1. The van der Waals surface area contributed by atoms with Gasteiger partial charge in [-0.3, -0.25) is 9.78 Å². The Morgan fingerprint density at radius 3 is 2.85 bits per heavy atom. The maximum atomic E-state index is 11.8. The topological polar surface area (TPSA) is 81.2 Å². The largest absolute Gasteiger partial charge is 0.472 e. The fourth-order valence-electron chi connectivity index (χ4n) is 1.78. The fraction of sp³-hybridized carbons (Fsp3) is 0.0714. The summed E-state index contributed by atoms with van der Waals surface area (Å²) in [6.45, 7) is 0.258. The van der Waals surface area contributed by atoms with Crippen molar-refractivity contribution in [3.63, 3.8) is 0 Å². The molecule has 0 aromatic carbocycles. The Labute approximate surface area is 114 Å². The molecule has 3 rings (SSSR count). The summed E-state index contributed by atoms with van der Waals surface area (Å²) in [5.74, 6) is 0.389. The Morgan fingerprint density at radius 1 is 1.20 bits per heavy atom. The zero-order chi connectivity index (χ0) is 13.8. The molecule has 100 valence electrons. The number of aromatic nitrogens is 2. The van der Waals surface area contributed by atoms with E-state index in [2.05, 4.69) is 15.3 Å². The summed E-state index contributed by atoms with van der Waals surface area (Å²) in [5.41, 5.74) is 1.72. The van der Waals surface area contributed by atoms with Gasteiger partial charge in [-0.2, -0.15) is 0 Å². The first-order chi connectivity index (χ1) is 9.84. The van der Waals surface area contributed by atoms with Gasteiger partial charge in [-0.05, 0) is 18.2 Å². The highest BCUT2D eigenvalue weighted by atomic mass is 16.3. The first kappa shape index (κ1) is 12.2. The van der Waals surface area contributed by atoms with Crippen molar-refractivity contribution in [3.8, 4) is 11.5 Å². The molecule has 0 spiro atoms. The molecule has 0 radical (unpaired) electrons. The number of amides is 1. The van der Waals surface area contributed by atoms with E-state index in [-0.39, 0.29) is 12.5 Å². The van der Waals surface area contributed by atoms with Crippen LogP contribution in [0.5, 0.6) is 0 Å². The minimum absolute atomic E-state index is 0.227. The Kier molecular flexibility index (Phi) is 3.28. The highest BCUT2D eigenvalue weighted by molar-refractivity contribution is 5.93. The van der Waals surface area contributed by atoms with Gasteiger partial charge in [-0.15, -0.1) is 0 Å². The number of carbonyl (C=O) groups excluding carboxylic acids is 1. The summed E-state index contributed by atoms with van der Waals surface area (Å²) in [4.78, 5) is 20.3. The molecular weight excluding hydrogens is 258 g/mol. The second-order valence-corrected chi connectivity index (χ2v) is 4.02. The van der Waals surface area contributed by atoms with E-state index >= 15 is 0 Å². The molecule has 0 saturated carbocycles. The number of hydrogen-bond acceptors (Lipinski definition) is 5. The molecule has 0 unspecified atom stereocenters. The standard InChI is InChI=1S/C14H11N3O3/c18-14(10-3-7-19-9-10)17-8-11-13(16-5-4-15-11)12-2-1-6-20-12/h1-7,9H,8H2,(H,17,18). The third-order valence-electron chi connectivity index (χ3n) is 2.73. The lowest BCUT2D eigenvalue weighted by Crippen LogP contribution is -2.23. The van der Waals surface area contributed by atoms with Gasteiger partial charge in [-0.1, -0.05) is 0 Å². The lowest BCUT2D eigenvalue weighted by molar-refractivity contribution is 0.0950. The van der Waals surface area contributed by atoms with Crippen molar-refractivity contribution in [2.45, 2.75) is 6.54 Å². The molecule has 6 heteroatoms. The van der Waals surface area contributed by atoms with Crippen molar-refractivity contribution in [2.24, 2.45) is 0 Å². The van der Waals surface area contributed by atoms with Gasteiger partial charge in [0.15, 0.2) is 5.76 Å². The van der Waals surface area contributed by atoms with Crippen LogP contribution in [0.4, 0.5) is 0 Å². The molecule has 0 saturated heterocycles. The molecule has 1 amide bonds. The van der Waals surface area contributed by atoms with Crippen molar-refractivity contribution < 1.29 is 13.6 Å². The molecule has 6 nitrogen and oxygen atoms in total. The molecule has 0 bridgehead atoms. The summed E-state index contributed by atoms with van der Waals surface area (Å²) < 4.78 is 10.2. The normalized spacial score (nSPS) is 10.4. The van der Waals surface area contributed by atoms with E-state index in [9.17, 15) is 4.79 Å². The molecule has 3 heterocycles. The lowest BCUT2D eigenvalue weighted by atomic mass is 10.2. The van der Waals surface area contributed by atoms with Crippen LogP contribution in [-0.2, 0) is 6.54 Å². The van der Waals surface area contributed by atoms with E-state index in [1.165, 1.54) is 12.5 Å². The molecule has 0 aliphatic heterocycles. The van der Waals surface area contributed by atoms with Crippen LogP contribution in [-0.4, -0.2) is 15.9 Å². The van der Waals surface area contributed by atoms with Gasteiger partial charge in [0.25, 0.3) is 5.91 Å². The number of nitrogens with one attached hydrogen (secondary N) is 1. The van der Waals surface area contributed by atoms with Crippen LogP contribution in [0.1, 0.15) is 16.1 Å². The molecule has 0 aliphatic rings. The van der Waals surface area contributed by atoms with Gasteiger partial charge in [-0.25, -0.2) is 4.98 Å². The van der Waals surface area contributed by atoms with Gasteiger partial charge >= 0.3 is 0 Å². The van der Waals surface area contributed by atoms with E-state index in [1.807, 2.05) is 0 Å². The quantitative estimate of drug-likeness (QED) is 0.785. The van der Waals surface area contributed by atoms with Crippen LogP contribution >= 0.6 is 0 Å². The highest BCUT2D eigenvalue weighted by Crippen LogP contribution is 2.19. The van der Waals surface area contributed by atoms with Gasteiger partial charge in [0.2, 0.25) is 0 Å². The molecule has 20 heavy (non-hydrogen) atoms. The highest BCUT2D eigenvalue weighted by Gasteiger charge is 2.12. The van der Waals surface area contributed by atoms with Crippen LogP contribution in [0.15, 0.2) is 58.2 Å². The third kappa shape index (κ3) is 2.44. The summed E-state index contributed by atoms with van der Waals surface area (Å²) in [5, 5.41) is 2.76. The van der Waals surface area contributed by atoms with Crippen molar-refractivity contribution in [1.82, 2.24) is 15.3 Å². The molecule has 1 N–H and O–H groups in total. The zero-order valence-electron chi connectivity index (χ0n) is 10.4. The maximum absolute atomic E-state index is 11.8. The smallest absolute Gasteiger partial charge is 0.254 e.